The number of hydrogen-bond acceptors (Lipinski definition) is 1. The second-order valence-electron chi connectivity index (χ2n) is 7.92. The van der Waals surface area contributed by atoms with Crippen LogP contribution >= 0.6 is 15.9 Å². The van der Waals surface area contributed by atoms with E-state index < -0.39 is 0 Å². The number of halogens is 1. The summed E-state index contributed by atoms with van der Waals surface area (Å²) in [5, 5.41) is 0.908. The van der Waals surface area contributed by atoms with E-state index in [1.54, 1.807) is 0 Å². The van der Waals surface area contributed by atoms with Crippen molar-refractivity contribution in [1.82, 2.24) is 0 Å². The zero-order chi connectivity index (χ0) is 15.5. The van der Waals surface area contributed by atoms with E-state index in [0.717, 1.165) is 11.9 Å². The molecule has 19 heavy (non-hydrogen) atoms. The van der Waals surface area contributed by atoms with Gasteiger partial charge in [0, 0.05) is 5.33 Å². The first kappa shape index (κ1) is 18.9. The number of nitrogens with two attached hydrogens (primary N) is 1. The van der Waals surface area contributed by atoms with E-state index in [4.69, 9.17) is 5.84 Å². The fourth-order valence-corrected chi connectivity index (χ4v) is 2.56. The van der Waals surface area contributed by atoms with Crippen LogP contribution < -0.4 is 5.84 Å². The minimum atomic E-state index is 0.133. The van der Waals surface area contributed by atoms with Gasteiger partial charge in [-0.3, -0.25) is 0 Å². The zero-order valence-electron chi connectivity index (χ0n) is 14.0. The highest BCUT2D eigenvalue weighted by molar-refractivity contribution is 9.09. The van der Waals surface area contributed by atoms with Crippen LogP contribution in [0, 0.1) is 10.8 Å². The van der Waals surface area contributed by atoms with Crippen molar-refractivity contribution in [2.45, 2.75) is 41.5 Å². The van der Waals surface area contributed by atoms with Crippen LogP contribution in [0.25, 0.3) is 0 Å². The summed E-state index contributed by atoms with van der Waals surface area (Å²) in [5.41, 5.74) is 3.08. The second-order valence-corrected chi connectivity index (χ2v) is 8.48. The Hall–Kier alpha value is -0.120. The van der Waals surface area contributed by atoms with Gasteiger partial charge in [0.1, 0.15) is 6.54 Å². The maximum atomic E-state index is 6.04. The molecule has 0 aliphatic carbocycles. The van der Waals surface area contributed by atoms with Crippen molar-refractivity contribution < 1.29 is 4.59 Å². The molecule has 0 rings (SSSR count). The molecular formula is C16H32BrN2+. The molecule has 0 heterocycles. The van der Waals surface area contributed by atoms with Gasteiger partial charge in [-0.25, -0.2) is 4.59 Å². The van der Waals surface area contributed by atoms with Gasteiger partial charge in [-0.2, -0.15) is 5.84 Å². The maximum absolute atomic E-state index is 6.04. The molecule has 0 fully saturated rings. The Bertz CT molecular complexity index is 346. The molecule has 0 radical (unpaired) electrons. The van der Waals surface area contributed by atoms with E-state index in [9.17, 15) is 0 Å². The average Bonchev–Trinajstić information content (AvgIpc) is 2.11. The number of alkyl halides is 1. The topological polar surface area (TPSA) is 26.0 Å². The molecule has 0 atom stereocenters. The fourth-order valence-electron chi connectivity index (χ4n) is 1.56. The normalized spacial score (nSPS) is 15.9. The van der Waals surface area contributed by atoms with Crippen molar-refractivity contribution in [3.05, 3.63) is 23.3 Å². The van der Waals surface area contributed by atoms with Gasteiger partial charge in [0.15, 0.2) is 0 Å². The lowest BCUT2D eigenvalue weighted by atomic mass is 9.80. The van der Waals surface area contributed by atoms with E-state index >= 15 is 0 Å². The standard InChI is InChI=1S/C16H32BrN2/c1-15(2,3)13(9-10-19(7,8)18)11-14(12-17)16(4,5)6/h9,11H,10,12,18H2,1-8H3/q+1/b13-9+,14-11+. The third-order valence-corrected chi connectivity index (χ3v) is 3.69. The van der Waals surface area contributed by atoms with E-state index in [0.29, 0.717) is 4.59 Å². The minimum absolute atomic E-state index is 0.133. The Morgan fingerprint density at radius 3 is 1.79 bits per heavy atom. The minimum Gasteiger partial charge on any atom is -0.250 e. The third-order valence-electron chi connectivity index (χ3n) is 3.08. The smallest absolute Gasteiger partial charge is 0.115 e. The molecule has 0 aromatic carbocycles. The Morgan fingerprint density at radius 1 is 1.05 bits per heavy atom. The number of quaternary nitrogens is 1. The molecular weight excluding hydrogens is 300 g/mol. The average molecular weight is 332 g/mol. The third kappa shape index (κ3) is 7.91. The van der Waals surface area contributed by atoms with Gasteiger partial charge >= 0.3 is 0 Å². The lowest BCUT2D eigenvalue weighted by molar-refractivity contribution is -0.896. The van der Waals surface area contributed by atoms with Gasteiger partial charge in [0.25, 0.3) is 0 Å². The predicted octanol–water partition coefficient (Wildman–Crippen LogP) is 4.28. The predicted molar refractivity (Wildman–Crippen MR) is 90.0 cm³/mol. The Balaban J connectivity index is 5.47. The Morgan fingerprint density at radius 2 is 1.53 bits per heavy atom. The first-order valence-corrected chi connectivity index (χ1v) is 7.99. The van der Waals surface area contributed by atoms with Crippen LogP contribution in [0.1, 0.15) is 41.5 Å². The molecule has 0 saturated carbocycles. The molecule has 0 saturated heterocycles. The summed E-state index contributed by atoms with van der Waals surface area (Å²) >= 11 is 3.61. The van der Waals surface area contributed by atoms with Crippen molar-refractivity contribution in [3.8, 4) is 0 Å². The number of likely N-dealkylation sites (N-methyl/N-ethyl adjacent to an activating group) is 1. The number of hydrogen-bond donors (Lipinski definition) is 1. The SMILES string of the molecule is CC(C)(C)/C(=C/C(=C\C[N+](C)(C)N)C(C)(C)C)CBr. The van der Waals surface area contributed by atoms with Crippen LogP contribution in [-0.4, -0.2) is 30.6 Å². The fraction of sp³-hybridized carbons (Fsp3) is 0.750. The van der Waals surface area contributed by atoms with Gasteiger partial charge in [-0.1, -0.05) is 69.1 Å². The lowest BCUT2D eigenvalue weighted by Gasteiger charge is -2.28. The van der Waals surface area contributed by atoms with Crippen molar-refractivity contribution in [2.75, 3.05) is 26.0 Å². The van der Waals surface area contributed by atoms with Crippen molar-refractivity contribution >= 4 is 15.9 Å². The lowest BCUT2D eigenvalue weighted by Crippen LogP contribution is -2.46. The zero-order valence-corrected chi connectivity index (χ0v) is 15.6. The van der Waals surface area contributed by atoms with E-state index in [-0.39, 0.29) is 10.8 Å². The molecule has 0 amide bonds. The highest BCUT2D eigenvalue weighted by atomic mass is 79.9. The molecule has 0 aromatic rings. The molecule has 2 nitrogen and oxygen atoms in total. The van der Waals surface area contributed by atoms with Crippen LogP contribution in [0.2, 0.25) is 0 Å². The number of rotatable bonds is 4. The van der Waals surface area contributed by atoms with Gasteiger partial charge < -0.3 is 0 Å². The molecule has 0 unspecified atom stereocenters. The quantitative estimate of drug-likeness (QED) is 0.269. The molecule has 0 aromatic heterocycles. The molecule has 0 aliphatic heterocycles. The van der Waals surface area contributed by atoms with Gasteiger partial charge in [0.2, 0.25) is 0 Å². The summed E-state index contributed by atoms with van der Waals surface area (Å²) in [7, 11) is 4.02. The highest BCUT2D eigenvalue weighted by Gasteiger charge is 2.21. The maximum Gasteiger partial charge on any atom is 0.115 e. The monoisotopic (exact) mass is 331 g/mol. The van der Waals surface area contributed by atoms with Crippen LogP contribution in [0.5, 0.6) is 0 Å². The highest BCUT2D eigenvalue weighted by Crippen LogP contribution is 2.33. The molecule has 0 spiro atoms. The van der Waals surface area contributed by atoms with E-state index in [2.05, 4.69) is 69.6 Å². The number of nitrogens with zero attached hydrogens (tertiary/aromatic N) is 1. The van der Waals surface area contributed by atoms with Gasteiger partial charge in [0.05, 0.1) is 14.1 Å². The summed E-state index contributed by atoms with van der Waals surface area (Å²) in [4.78, 5) is 0. The summed E-state index contributed by atoms with van der Waals surface area (Å²) in [6, 6.07) is 0. The second kappa shape index (κ2) is 6.55. The van der Waals surface area contributed by atoms with Crippen molar-refractivity contribution in [3.63, 3.8) is 0 Å². The number of allylic oxidation sites excluding steroid dienone is 3. The van der Waals surface area contributed by atoms with E-state index in [1.165, 1.54) is 11.1 Å². The van der Waals surface area contributed by atoms with Gasteiger partial charge in [-0.05, 0) is 22.5 Å². The molecule has 0 aliphatic rings. The van der Waals surface area contributed by atoms with Crippen molar-refractivity contribution in [1.29, 1.82) is 0 Å². The first-order valence-electron chi connectivity index (χ1n) is 6.86. The van der Waals surface area contributed by atoms with Crippen LogP contribution in [0.15, 0.2) is 23.3 Å². The first-order chi connectivity index (χ1) is 8.27. The van der Waals surface area contributed by atoms with Crippen LogP contribution in [-0.2, 0) is 0 Å². The Labute approximate surface area is 128 Å². The molecule has 3 heteroatoms. The molecule has 2 N–H and O–H groups in total. The summed E-state index contributed by atoms with van der Waals surface area (Å²) in [6.07, 6.45) is 4.61. The summed E-state index contributed by atoms with van der Waals surface area (Å²) in [5.74, 6) is 6.04. The largest absolute Gasteiger partial charge is 0.250 e. The molecule has 112 valence electrons. The van der Waals surface area contributed by atoms with Gasteiger partial charge in [-0.15, -0.1) is 0 Å². The van der Waals surface area contributed by atoms with Crippen LogP contribution in [0.4, 0.5) is 0 Å². The van der Waals surface area contributed by atoms with Crippen molar-refractivity contribution in [2.24, 2.45) is 16.7 Å². The molecule has 0 bridgehead atoms. The summed E-state index contributed by atoms with van der Waals surface area (Å²) < 4.78 is 0.465. The van der Waals surface area contributed by atoms with E-state index in [1.807, 2.05) is 14.1 Å². The van der Waals surface area contributed by atoms with Crippen LogP contribution in [0.3, 0.4) is 0 Å². The summed E-state index contributed by atoms with van der Waals surface area (Å²) in [6.45, 7) is 14.3. The Kier molecular flexibility index (Phi) is 6.51.